The lowest BCUT2D eigenvalue weighted by Crippen LogP contribution is -2.07. The molecule has 4 rings (SSSR count). The maximum absolute atomic E-state index is 12.2. The molecule has 8 heteroatoms. The number of thiazole rings is 1. The Kier molecular flexibility index (Phi) is 5.65. The van der Waals surface area contributed by atoms with Crippen LogP contribution in [0.5, 0.6) is 0 Å². The maximum Gasteiger partial charge on any atom is 0.250 e. The third-order valence-electron chi connectivity index (χ3n) is 4.07. The number of carbonyl (C=O) groups excluding carboxylic acids is 1. The second kappa shape index (κ2) is 8.20. The van der Waals surface area contributed by atoms with Gasteiger partial charge in [0, 0.05) is 26.7 Å². The fraction of sp³-hybridized carbons (Fsp3) is 0.0476. The molecule has 0 unspecified atom stereocenters. The first-order valence-electron chi connectivity index (χ1n) is 8.49. The highest BCUT2D eigenvalue weighted by Crippen LogP contribution is 2.31. The highest BCUT2D eigenvalue weighted by molar-refractivity contribution is 7.22. The molecule has 0 saturated heterocycles. The summed E-state index contributed by atoms with van der Waals surface area (Å²) in [6, 6.07) is 12.5. The lowest BCUT2D eigenvalue weighted by Gasteiger charge is -1.99. The van der Waals surface area contributed by atoms with Gasteiger partial charge in [0.15, 0.2) is 5.13 Å². The number of nitrogens with zero attached hydrogens (tertiary/aromatic N) is 1. The van der Waals surface area contributed by atoms with E-state index < -0.39 is 0 Å². The van der Waals surface area contributed by atoms with Gasteiger partial charge in [-0.1, -0.05) is 46.1 Å². The van der Waals surface area contributed by atoms with E-state index in [-0.39, 0.29) is 5.91 Å². The number of rotatable bonds is 4. The minimum Gasteiger partial charge on any atom is -0.457 e. The molecule has 2 aromatic carbocycles. The molecule has 4 nitrogen and oxygen atoms in total. The molecule has 1 N–H and O–H groups in total. The van der Waals surface area contributed by atoms with Crippen LogP contribution >= 0.6 is 46.1 Å². The van der Waals surface area contributed by atoms with E-state index >= 15 is 0 Å². The summed E-state index contributed by atoms with van der Waals surface area (Å²) in [5.41, 5.74) is 2.48. The van der Waals surface area contributed by atoms with Gasteiger partial charge >= 0.3 is 0 Å². The molecule has 2 heterocycles. The number of carbonyl (C=O) groups is 1. The minimum absolute atomic E-state index is 0.310. The van der Waals surface area contributed by atoms with E-state index in [2.05, 4.69) is 10.3 Å². The number of aryl methyl sites for hydroxylation is 1. The minimum atomic E-state index is -0.310. The summed E-state index contributed by atoms with van der Waals surface area (Å²) in [5, 5.41) is 4.95. The highest BCUT2D eigenvalue weighted by atomic mass is 35.5. The number of benzene rings is 2. The lowest BCUT2D eigenvalue weighted by molar-refractivity contribution is -0.111. The largest absolute Gasteiger partial charge is 0.457 e. The molecule has 0 bridgehead atoms. The molecular weight excluding hydrogens is 451 g/mol. The molecule has 1 amide bonds. The van der Waals surface area contributed by atoms with Crippen LogP contribution in [-0.4, -0.2) is 10.9 Å². The van der Waals surface area contributed by atoms with Gasteiger partial charge in [-0.05, 0) is 61.0 Å². The molecule has 29 heavy (non-hydrogen) atoms. The van der Waals surface area contributed by atoms with E-state index in [1.807, 2.05) is 13.0 Å². The van der Waals surface area contributed by atoms with E-state index in [4.69, 9.17) is 39.2 Å². The van der Waals surface area contributed by atoms with Gasteiger partial charge in [0.1, 0.15) is 11.5 Å². The number of halogens is 3. The van der Waals surface area contributed by atoms with Crippen LogP contribution in [0.3, 0.4) is 0 Å². The van der Waals surface area contributed by atoms with Crippen molar-refractivity contribution in [3.05, 3.63) is 74.9 Å². The zero-order chi connectivity index (χ0) is 20.5. The molecule has 0 aliphatic rings. The lowest BCUT2D eigenvalue weighted by atomic mass is 10.2. The van der Waals surface area contributed by atoms with Crippen LogP contribution in [-0.2, 0) is 4.79 Å². The van der Waals surface area contributed by atoms with Crippen molar-refractivity contribution in [3.8, 4) is 11.3 Å². The van der Waals surface area contributed by atoms with Crippen molar-refractivity contribution in [2.75, 3.05) is 5.32 Å². The number of aromatic nitrogens is 1. The summed E-state index contributed by atoms with van der Waals surface area (Å²) in [5.74, 6) is 0.821. The van der Waals surface area contributed by atoms with Crippen LogP contribution in [0.4, 0.5) is 5.13 Å². The molecule has 0 saturated carbocycles. The molecule has 2 aromatic heterocycles. The second-order valence-electron chi connectivity index (χ2n) is 6.27. The monoisotopic (exact) mass is 462 g/mol. The fourth-order valence-electron chi connectivity index (χ4n) is 2.70. The van der Waals surface area contributed by atoms with Gasteiger partial charge in [-0.25, -0.2) is 4.98 Å². The molecule has 4 aromatic rings. The number of hydrogen-bond acceptors (Lipinski definition) is 4. The van der Waals surface area contributed by atoms with Gasteiger partial charge in [0.05, 0.1) is 10.2 Å². The zero-order valence-electron chi connectivity index (χ0n) is 15.0. The predicted molar refractivity (Wildman–Crippen MR) is 121 cm³/mol. The number of amides is 1. The maximum atomic E-state index is 12.2. The fourth-order valence-corrected chi connectivity index (χ4v) is 4.33. The third-order valence-corrected chi connectivity index (χ3v) is 5.85. The predicted octanol–water partition coefficient (Wildman–Crippen LogP) is 7.48. The van der Waals surface area contributed by atoms with Crippen LogP contribution in [0.2, 0.25) is 15.1 Å². The Labute approximate surface area is 185 Å². The van der Waals surface area contributed by atoms with Gasteiger partial charge in [0.25, 0.3) is 0 Å². The molecule has 0 spiro atoms. The zero-order valence-corrected chi connectivity index (χ0v) is 18.1. The van der Waals surface area contributed by atoms with E-state index in [0.29, 0.717) is 31.7 Å². The van der Waals surface area contributed by atoms with Gasteiger partial charge in [0.2, 0.25) is 5.91 Å². The molecule has 0 radical (unpaired) electrons. The Morgan fingerprint density at radius 2 is 1.86 bits per heavy atom. The molecule has 146 valence electrons. The Balaban J connectivity index is 1.47. The van der Waals surface area contributed by atoms with E-state index in [0.717, 1.165) is 21.3 Å². The molecule has 0 atom stereocenters. The van der Waals surface area contributed by atoms with Gasteiger partial charge in [-0.2, -0.15) is 0 Å². The Hall–Kier alpha value is -2.31. The third kappa shape index (κ3) is 4.65. The van der Waals surface area contributed by atoms with Crippen molar-refractivity contribution in [1.82, 2.24) is 4.98 Å². The first kappa shape index (κ1) is 20.0. The van der Waals surface area contributed by atoms with Crippen LogP contribution < -0.4 is 5.32 Å². The van der Waals surface area contributed by atoms with Crippen LogP contribution in [0, 0.1) is 6.92 Å². The summed E-state index contributed by atoms with van der Waals surface area (Å²) in [6.45, 7) is 1.93. The molecular formula is C21H13Cl3N2O2S. The van der Waals surface area contributed by atoms with Crippen molar-refractivity contribution in [3.63, 3.8) is 0 Å². The average Bonchev–Trinajstić information content (AvgIpc) is 3.26. The Morgan fingerprint density at radius 3 is 2.62 bits per heavy atom. The average molecular weight is 464 g/mol. The Morgan fingerprint density at radius 1 is 1.10 bits per heavy atom. The normalized spacial score (nSPS) is 11.4. The van der Waals surface area contributed by atoms with Crippen molar-refractivity contribution >= 4 is 73.5 Å². The van der Waals surface area contributed by atoms with E-state index in [9.17, 15) is 4.79 Å². The summed E-state index contributed by atoms with van der Waals surface area (Å²) < 4.78 is 6.70. The standard InChI is InChI=1S/C21H13Cl3N2O2S/c1-11-6-19-17(10-16(11)24)25-21(29-19)26-20(27)5-3-15-2-4-18(28-15)12-7-13(22)9-14(23)8-12/h2-10H,1H3,(H,25,26,27)/b5-3+. The van der Waals surface area contributed by atoms with E-state index in [1.165, 1.54) is 17.4 Å². The van der Waals surface area contributed by atoms with Crippen molar-refractivity contribution in [2.24, 2.45) is 0 Å². The number of hydrogen-bond donors (Lipinski definition) is 1. The van der Waals surface area contributed by atoms with Gasteiger partial charge < -0.3 is 4.42 Å². The molecule has 0 aliphatic heterocycles. The Bertz CT molecular complexity index is 1200. The summed E-state index contributed by atoms with van der Waals surface area (Å²) in [6.07, 6.45) is 2.97. The van der Waals surface area contributed by atoms with Gasteiger partial charge in [-0.15, -0.1) is 0 Å². The van der Waals surface area contributed by atoms with Gasteiger partial charge in [-0.3, -0.25) is 10.1 Å². The van der Waals surface area contributed by atoms with Crippen molar-refractivity contribution in [2.45, 2.75) is 6.92 Å². The molecule has 0 aliphatic carbocycles. The molecule has 0 fully saturated rings. The summed E-state index contributed by atoms with van der Waals surface area (Å²) >= 11 is 19.6. The quantitative estimate of drug-likeness (QED) is 0.319. The smallest absolute Gasteiger partial charge is 0.250 e. The van der Waals surface area contributed by atoms with Crippen molar-refractivity contribution < 1.29 is 9.21 Å². The number of furan rings is 1. The highest BCUT2D eigenvalue weighted by Gasteiger charge is 2.09. The number of nitrogens with one attached hydrogen (secondary N) is 1. The summed E-state index contributed by atoms with van der Waals surface area (Å²) in [7, 11) is 0. The van der Waals surface area contributed by atoms with Crippen molar-refractivity contribution in [1.29, 1.82) is 0 Å². The van der Waals surface area contributed by atoms with Crippen LogP contribution in [0.1, 0.15) is 11.3 Å². The number of fused-ring (bicyclic) bond motifs is 1. The topological polar surface area (TPSA) is 55.1 Å². The second-order valence-corrected chi connectivity index (χ2v) is 8.58. The first-order chi connectivity index (χ1) is 13.9. The first-order valence-corrected chi connectivity index (χ1v) is 10.4. The van der Waals surface area contributed by atoms with Crippen LogP contribution in [0.25, 0.3) is 27.6 Å². The SMILES string of the molecule is Cc1cc2sc(NC(=O)/C=C/c3ccc(-c4cc(Cl)cc(Cl)c4)o3)nc2cc1Cl. The summed E-state index contributed by atoms with van der Waals surface area (Å²) in [4.78, 5) is 16.6. The van der Waals surface area contributed by atoms with E-state index in [1.54, 1.807) is 42.5 Å². The van der Waals surface area contributed by atoms with Crippen LogP contribution in [0.15, 0.2) is 53.0 Å². The number of anilines is 1.